The highest BCUT2D eigenvalue weighted by Gasteiger charge is 2.18. The van der Waals surface area contributed by atoms with Gasteiger partial charge in [-0.05, 0) is 44.5 Å². The van der Waals surface area contributed by atoms with Gasteiger partial charge in [0.1, 0.15) is 23.0 Å². The van der Waals surface area contributed by atoms with E-state index >= 15 is 0 Å². The molecule has 1 aliphatic rings. The second-order valence-corrected chi connectivity index (χ2v) is 9.06. The van der Waals surface area contributed by atoms with Crippen molar-refractivity contribution in [3.05, 3.63) is 59.8 Å². The van der Waals surface area contributed by atoms with Crippen molar-refractivity contribution in [2.24, 2.45) is 0 Å². The third-order valence-electron chi connectivity index (χ3n) is 6.17. The summed E-state index contributed by atoms with van der Waals surface area (Å²) in [5.41, 5.74) is 2.56. The molecular formula is C25H28F2N8. The van der Waals surface area contributed by atoms with Crippen LogP contribution in [0, 0.1) is 18.6 Å². The number of benzene rings is 1. The summed E-state index contributed by atoms with van der Waals surface area (Å²) in [6.45, 7) is 10.6. The van der Waals surface area contributed by atoms with E-state index in [2.05, 4.69) is 35.5 Å². The normalized spacial score (nSPS) is 14.7. The summed E-state index contributed by atoms with van der Waals surface area (Å²) in [5.74, 6) is 0.392. The number of nitrogens with zero attached hydrogens (tertiary/aromatic N) is 6. The lowest BCUT2D eigenvalue weighted by atomic mass is 10.0. The third kappa shape index (κ3) is 4.85. The first-order valence-corrected chi connectivity index (χ1v) is 11.7. The summed E-state index contributed by atoms with van der Waals surface area (Å²) in [6.07, 6.45) is 4.67. The van der Waals surface area contributed by atoms with Crippen LogP contribution in [0.15, 0.2) is 36.8 Å². The molecule has 4 aromatic rings. The lowest BCUT2D eigenvalue weighted by molar-refractivity contribution is 0.233. The Morgan fingerprint density at radius 3 is 2.46 bits per heavy atom. The molecule has 0 spiro atoms. The zero-order valence-electron chi connectivity index (χ0n) is 20.0. The summed E-state index contributed by atoms with van der Waals surface area (Å²) in [6, 6.07) is 4.70. The van der Waals surface area contributed by atoms with Crippen LogP contribution in [0.2, 0.25) is 0 Å². The Labute approximate surface area is 202 Å². The van der Waals surface area contributed by atoms with Crippen molar-refractivity contribution in [3.8, 4) is 11.1 Å². The van der Waals surface area contributed by atoms with Crippen molar-refractivity contribution in [2.45, 2.75) is 33.4 Å². The Kier molecular flexibility index (Phi) is 6.40. The fourth-order valence-electron chi connectivity index (χ4n) is 4.55. The summed E-state index contributed by atoms with van der Waals surface area (Å²) in [7, 11) is 0. The largest absolute Gasteiger partial charge is 0.326 e. The van der Waals surface area contributed by atoms with E-state index in [-0.39, 0.29) is 17.1 Å². The van der Waals surface area contributed by atoms with Gasteiger partial charge in [0.2, 0.25) is 5.95 Å². The van der Waals surface area contributed by atoms with Gasteiger partial charge >= 0.3 is 0 Å². The molecule has 10 heteroatoms. The van der Waals surface area contributed by atoms with Gasteiger partial charge in [0.05, 0.1) is 11.7 Å². The number of pyridine rings is 1. The van der Waals surface area contributed by atoms with Gasteiger partial charge in [0.15, 0.2) is 5.82 Å². The summed E-state index contributed by atoms with van der Waals surface area (Å²) in [4.78, 5) is 19.6. The standard InChI is InChI=1S/C25H28F2N8/c1-15(2)35-16(3)32-24-20(26)8-18(9-22(24)35)19-10-23(29-13-21(19)27)33-25-30-11-17(12-31-25)14-34-6-4-28-5-7-34/h8-13,15,28H,4-7,14H2,1-3H3,(H,29,30,31,33). The molecule has 182 valence electrons. The first kappa shape index (κ1) is 23.3. The molecular weight excluding hydrogens is 450 g/mol. The second-order valence-electron chi connectivity index (χ2n) is 9.06. The third-order valence-corrected chi connectivity index (χ3v) is 6.17. The number of hydrogen-bond donors (Lipinski definition) is 2. The average Bonchev–Trinajstić information content (AvgIpc) is 3.19. The molecule has 0 atom stereocenters. The molecule has 0 bridgehead atoms. The van der Waals surface area contributed by atoms with Crippen molar-refractivity contribution in [1.82, 2.24) is 34.7 Å². The van der Waals surface area contributed by atoms with Crippen LogP contribution in [0.5, 0.6) is 0 Å². The van der Waals surface area contributed by atoms with Crippen LogP contribution in [0.4, 0.5) is 20.5 Å². The molecule has 1 saturated heterocycles. The maximum Gasteiger partial charge on any atom is 0.228 e. The Bertz CT molecular complexity index is 1340. The zero-order chi connectivity index (χ0) is 24.5. The van der Waals surface area contributed by atoms with Gasteiger partial charge in [0, 0.05) is 62.3 Å². The SMILES string of the molecule is Cc1nc2c(F)cc(-c3cc(Nc4ncc(CN5CCNCC5)cn4)ncc3F)cc2n1C(C)C. The van der Waals surface area contributed by atoms with Crippen LogP contribution in [0.3, 0.4) is 0 Å². The van der Waals surface area contributed by atoms with Crippen LogP contribution in [0.1, 0.15) is 31.3 Å². The van der Waals surface area contributed by atoms with E-state index in [1.807, 2.05) is 25.3 Å². The molecule has 1 aromatic carbocycles. The van der Waals surface area contributed by atoms with Gasteiger partial charge < -0.3 is 15.2 Å². The number of hydrogen-bond acceptors (Lipinski definition) is 7. The van der Waals surface area contributed by atoms with Gasteiger partial charge in [0.25, 0.3) is 0 Å². The topological polar surface area (TPSA) is 83.8 Å². The quantitative estimate of drug-likeness (QED) is 0.430. The molecule has 5 rings (SSSR count). The van der Waals surface area contributed by atoms with E-state index in [0.29, 0.717) is 28.7 Å². The van der Waals surface area contributed by atoms with E-state index in [1.165, 1.54) is 12.1 Å². The van der Waals surface area contributed by atoms with Gasteiger partial charge in [-0.15, -0.1) is 0 Å². The van der Waals surface area contributed by atoms with E-state index in [9.17, 15) is 8.78 Å². The van der Waals surface area contributed by atoms with E-state index in [0.717, 1.165) is 44.5 Å². The zero-order valence-corrected chi connectivity index (χ0v) is 20.0. The minimum atomic E-state index is -0.547. The van der Waals surface area contributed by atoms with Gasteiger partial charge in [-0.25, -0.2) is 28.7 Å². The Hall–Kier alpha value is -3.50. The predicted molar refractivity (Wildman–Crippen MR) is 131 cm³/mol. The lowest BCUT2D eigenvalue weighted by Crippen LogP contribution is -2.42. The molecule has 0 radical (unpaired) electrons. The maximum absolute atomic E-state index is 14.9. The number of nitrogens with one attached hydrogen (secondary N) is 2. The minimum Gasteiger partial charge on any atom is -0.326 e. The summed E-state index contributed by atoms with van der Waals surface area (Å²) >= 11 is 0. The molecule has 1 fully saturated rings. The maximum atomic E-state index is 14.9. The number of piperazine rings is 1. The first-order chi connectivity index (χ1) is 16.9. The number of fused-ring (bicyclic) bond motifs is 1. The number of imidazole rings is 1. The number of anilines is 2. The molecule has 0 aliphatic carbocycles. The number of halogens is 2. The molecule has 2 N–H and O–H groups in total. The van der Waals surface area contributed by atoms with Crippen LogP contribution in [-0.2, 0) is 6.54 Å². The van der Waals surface area contributed by atoms with Gasteiger partial charge in [-0.3, -0.25) is 4.90 Å². The second kappa shape index (κ2) is 9.63. The molecule has 3 aromatic heterocycles. The van der Waals surface area contributed by atoms with Gasteiger partial charge in [-0.1, -0.05) is 0 Å². The first-order valence-electron chi connectivity index (χ1n) is 11.7. The predicted octanol–water partition coefficient (Wildman–Crippen LogP) is 4.20. The van der Waals surface area contributed by atoms with E-state index in [4.69, 9.17) is 0 Å². The van der Waals surface area contributed by atoms with Crippen LogP contribution >= 0.6 is 0 Å². The van der Waals surface area contributed by atoms with Crippen molar-refractivity contribution in [1.29, 1.82) is 0 Å². The highest BCUT2D eigenvalue weighted by atomic mass is 19.1. The van der Waals surface area contributed by atoms with Crippen LogP contribution < -0.4 is 10.6 Å². The van der Waals surface area contributed by atoms with E-state index < -0.39 is 11.6 Å². The van der Waals surface area contributed by atoms with Crippen molar-refractivity contribution in [2.75, 3.05) is 31.5 Å². The van der Waals surface area contributed by atoms with Crippen molar-refractivity contribution < 1.29 is 8.78 Å². The fraction of sp³-hybridized carbons (Fsp3) is 0.360. The number of aryl methyl sites for hydroxylation is 1. The highest BCUT2D eigenvalue weighted by molar-refractivity contribution is 5.84. The van der Waals surface area contributed by atoms with Crippen LogP contribution in [0.25, 0.3) is 22.2 Å². The van der Waals surface area contributed by atoms with E-state index in [1.54, 1.807) is 18.5 Å². The molecule has 0 unspecified atom stereocenters. The fourth-order valence-corrected chi connectivity index (χ4v) is 4.55. The lowest BCUT2D eigenvalue weighted by Gasteiger charge is -2.26. The Morgan fingerprint density at radius 1 is 1.00 bits per heavy atom. The molecule has 0 amide bonds. The molecule has 0 saturated carbocycles. The molecule has 4 heterocycles. The molecule has 8 nitrogen and oxygen atoms in total. The minimum absolute atomic E-state index is 0.0841. The van der Waals surface area contributed by atoms with Crippen LogP contribution in [-0.4, -0.2) is 55.6 Å². The summed E-state index contributed by atoms with van der Waals surface area (Å²) in [5, 5.41) is 6.36. The van der Waals surface area contributed by atoms with Crippen molar-refractivity contribution in [3.63, 3.8) is 0 Å². The Balaban J connectivity index is 1.40. The Morgan fingerprint density at radius 2 is 1.74 bits per heavy atom. The monoisotopic (exact) mass is 478 g/mol. The average molecular weight is 479 g/mol. The smallest absolute Gasteiger partial charge is 0.228 e. The van der Waals surface area contributed by atoms with Gasteiger partial charge in [-0.2, -0.15) is 0 Å². The number of rotatable bonds is 6. The summed E-state index contributed by atoms with van der Waals surface area (Å²) < 4.78 is 31.6. The van der Waals surface area contributed by atoms with Crippen molar-refractivity contribution >= 4 is 22.8 Å². The highest BCUT2D eigenvalue weighted by Crippen LogP contribution is 2.32. The molecule has 35 heavy (non-hydrogen) atoms. The molecule has 1 aliphatic heterocycles. The number of aromatic nitrogens is 5.